The first-order valence-corrected chi connectivity index (χ1v) is 12.6. The second kappa shape index (κ2) is 11.6. The molecule has 1 aliphatic rings. The highest BCUT2D eigenvalue weighted by atomic mass is 32.2. The van der Waals surface area contributed by atoms with Gasteiger partial charge < -0.3 is 19.1 Å². The van der Waals surface area contributed by atoms with Gasteiger partial charge in [0, 0.05) is 31.0 Å². The molecule has 190 valence electrons. The van der Waals surface area contributed by atoms with Gasteiger partial charge in [-0.3, -0.25) is 4.79 Å². The number of likely N-dealkylation sites (tertiary alicyclic amines) is 1. The molecule has 2 aromatic carbocycles. The molecule has 1 amide bonds. The summed E-state index contributed by atoms with van der Waals surface area (Å²) in [7, 11) is 0. The zero-order chi connectivity index (χ0) is 25.5. The van der Waals surface area contributed by atoms with Crippen LogP contribution in [-0.2, 0) is 17.6 Å². The number of nitrogens with one attached hydrogen (secondary N) is 1. The number of carbonyl (C=O) groups is 1. The molecule has 0 bridgehead atoms. The molecule has 0 aliphatic carbocycles. The fourth-order valence-electron chi connectivity index (χ4n) is 3.87. The van der Waals surface area contributed by atoms with Crippen LogP contribution in [0.1, 0.15) is 24.0 Å². The monoisotopic (exact) mass is 517 g/mol. The molecule has 1 aromatic heterocycles. The van der Waals surface area contributed by atoms with Crippen LogP contribution in [0.25, 0.3) is 11.1 Å². The third-order valence-corrected chi connectivity index (χ3v) is 6.09. The largest absolute Gasteiger partial charge is 0.489 e. The molecule has 1 fully saturated rings. The first kappa shape index (κ1) is 25.7. The van der Waals surface area contributed by atoms with E-state index in [0.717, 1.165) is 36.2 Å². The Morgan fingerprint density at radius 1 is 1.08 bits per heavy atom. The van der Waals surface area contributed by atoms with E-state index in [1.54, 1.807) is 23.2 Å². The summed E-state index contributed by atoms with van der Waals surface area (Å²) in [6.07, 6.45) is 0.658. The fraction of sp³-hybridized carbons (Fsp3) is 0.308. The average molecular weight is 518 g/mol. The molecule has 4 rings (SSSR count). The van der Waals surface area contributed by atoms with Gasteiger partial charge in [-0.15, -0.1) is 0 Å². The topological polar surface area (TPSA) is 63.7 Å². The van der Waals surface area contributed by atoms with Crippen LogP contribution in [0.2, 0.25) is 0 Å². The van der Waals surface area contributed by atoms with Crippen LogP contribution in [0.15, 0.2) is 60.8 Å². The van der Waals surface area contributed by atoms with Gasteiger partial charge in [0.25, 0.3) is 0 Å². The number of halogens is 3. The van der Waals surface area contributed by atoms with Crippen molar-refractivity contribution in [3.05, 3.63) is 71.9 Å². The number of rotatable bonds is 10. The Kier molecular flexibility index (Phi) is 8.25. The molecule has 0 spiro atoms. The van der Waals surface area contributed by atoms with E-state index >= 15 is 0 Å². The Labute approximate surface area is 211 Å². The van der Waals surface area contributed by atoms with Crippen molar-refractivity contribution < 1.29 is 27.4 Å². The predicted molar refractivity (Wildman–Crippen MR) is 134 cm³/mol. The molecule has 10 heteroatoms. The molecule has 36 heavy (non-hydrogen) atoms. The fourth-order valence-corrected chi connectivity index (χ4v) is 4.24. The van der Waals surface area contributed by atoms with Crippen molar-refractivity contribution in [1.82, 2.24) is 9.88 Å². The van der Waals surface area contributed by atoms with Gasteiger partial charge >= 0.3 is 6.18 Å². The number of ether oxygens (including phenoxy) is 2. The van der Waals surface area contributed by atoms with Crippen molar-refractivity contribution in [3.63, 3.8) is 0 Å². The van der Waals surface area contributed by atoms with Crippen molar-refractivity contribution >= 4 is 23.5 Å². The lowest BCUT2D eigenvalue weighted by molar-refractivity contribution is -0.137. The van der Waals surface area contributed by atoms with Gasteiger partial charge in [0.2, 0.25) is 11.8 Å². The third kappa shape index (κ3) is 6.63. The quantitative estimate of drug-likeness (QED) is 0.331. The highest BCUT2D eigenvalue weighted by Crippen LogP contribution is 2.32. The summed E-state index contributed by atoms with van der Waals surface area (Å²) < 4.78 is 53.7. The Morgan fingerprint density at radius 3 is 2.67 bits per heavy atom. The summed E-state index contributed by atoms with van der Waals surface area (Å²) in [5.74, 6) is 1.12. The van der Waals surface area contributed by atoms with Gasteiger partial charge in [-0.05, 0) is 47.9 Å². The molecule has 1 N–H and O–H groups in total. The molecule has 3 aromatic rings. The van der Waals surface area contributed by atoms with E-state index in [1.165, 1.54) is 18.0 Å². The second-order valence-corrected chi connectivity index (χ2v) is 8.84. The predicted octanol–water partition coefficient (Wildman–Crippen LogP) is 6.04. The van der Waals surface area contributed by atoms with Crippen LogP contribution in [0.5, 0.6) is 11.6 Å². The molecule has 1 saturated heterocycles. The van der Waals surface area contributed by atoms with E-state index in [-0.39, 0.29) is 12.5 Å². The minimum Gasteiger partial charge on any atom is -0.489 e. The number of amides is 1. The van der Waals surface area contributed by atoms with Gasteiger partial charge in [-0.2, -0.15) is 13.2 Å². The van der Waals surface area contributed by atoms with Crippen molar-refractivity contribution in [2.24, 2.45) is 0 Å². The molecule has 0 saturated carbocycles. The van der Waals surface area contributed by atoms with Gasteiger partial charge in [0.1, 0.15) is 24.7 Å². The molecule has 2 heterocycles. The smallest absolute Gasteiger partial charge is 0.416 e. The SMILES string of the molecule is CSNc1cc(-c2cccc(OCc3cccc(C(F)(F)F)c3)c2)cnc1OCCN1CCCC1=O. The standard InChI is InChI=1S/C26H26F3N3O3S/c1-36-31-23-15-20(16-30-25(23)34-12-11-32-10-4-9-24(32)33)19-6-3-8-22(14-19)35-17-18-5-2-7-21(13-18)26(27,28)29/h2-3,5-8,13-16,31H,4,9-12,17H2,1H3. The maximum absolute atomic E-state index is 13.0. The highest BCUT2D eigenvalue weighted by molar-refractivity contribution is 7.99. The maximum atomic E-state index is 13.0. The van der Waals surface area contributed by atoms with Crippen molar-refractivity contribution in [2.45, 2.75) is 25.6 Å². The van der Waals surface area contributed by atoms with E-state index in [2.05, 4.69) is 9.71 Å². The Hall–Kier alpha value is -3.40. The van der Waals surface area contributed by atoms with E-state index in [9.17, 15) is 18.0 Å². The van der Waals surface area contributed by atoms with Crippen LogP contribution in [-0.4, -0.2) is 41.7 Å². The van der Waals surface area contributed by atoms with Crippen molar-refractivity contribution in [2.75, 3.05) is 30.7 Å². The van der Waals surface area contributed by atoms with Crippen LogP contribution in [0.4, 0.5) is 18.9 Å². The Bertz CT molecular complexity index is 1210. The van der Waals surface area contributed by atoms with Crippen LogP contribution in [0.3, 0.4) is 0 Å². The average Bonchev–Trinajstić information content (AvgIpc) is 3.28. The van der Waals surface area contributed by atoms with Gasteiger partial charge in [-0.25, -0.2) is 4.98 Å². The minimum atomic E-state index is -4.40. The molecule has 1 aliphatic heterocycles. The molecule has 6 nitrogen and oxygen atoms in total. The van der Waals surface area contributed by atoms with Crippen LogP contribution in [0, 0.1) is 0 Å². The minimum absolute atomic E-state index is 0.0111. The third-order valence-electron chi connectivity index (χ3n) is 5.66. The number of carbonyl (C=O) groups excluding carboxylic acids is 1. The zero-order valence-electron chi connectivity index (χ0n) is 19.7. The first-order chi connectivity index (χ1) is 17.3. The number of hydrogen-bond donors (Lipinski definition) is 1. The summed E-state index contributed by atoms with van der Waals surface area (Å²) in [4.78, 5) is 18.0. The lowest BCUT2D eigenvalue weighted by atomic mass is 10.1. The lowest BCUT2D eigenvalue weighted by Crippen LogP contribution is -2.29. The first-order valence-electron chi connectivity index (χ1n) is 11.4. The summed E-state index contributed by atoms with van der Waals surface area (Å²) in [6.45, 7) is 1.64. The Morgan fingerprint density at radius 2 is 1.92 bits per heavy atom. The molecule has 0 atom stereocenters. The molecule has 0 unspecified atom stereocenters. The number of pyridine rings is 1. The second-order valence-electron chi connectivity index (χ2n) is 8.23. The van der Waals surface area contributed by atoms with Crippen molar-refractivity contribution in [1.29, 1.82) is 0 Å². The van der Waals surface area contributed by atoms with E-state index in [0.29, 0.717) is 42.5 Å². The highest BCUT2D eigenvalue weighted by Gasteiger charge is 2.30. The van der Waals surface area contributed by atoms with Crippen LogP contribution >= 0.6 is 11.9 Å². The Balaban J connectivity index is 1.43. The summed E-state index contributed by atoms with van der Waals surface area (Å²) in [5.41, 5.74) is 2.08. The molecule has 0 radical (unpaired) electrons. The van der Waals surface area contributed by atoms with E-state index < -0.39 is 11.7 Å². The zero-order valence-corrected chi connectivity index (χ0v) is 20.5. The maximum Gasteiger partial charge on any atom is 0.416 e. The van der Waals surface area contributed by atoms with Gasteiger partial charge in [0.05, 0.1) is 12.1 Å². The van der Waals surface area contributed by atoms with Gasteiger partial charge in [-0.1, -0.05) is 36.2 Å². The number of alkyl halides is 3. The van der Waals surface area contributed by atoms with Gasteiger partial charge in [0.15, 0.2) is 0 Å². The summed E-state index contributed by atoms with van der Waals surface area (Å²) in [5, 5.41) is 0. The van der Waals surface area contributed by atoms with E-state index in [4.69, 9.17) is 9.47 Å². The van der Waals surface area contributed by atoms with Crippen LogP contribution < -0.4 is 14.2 Å². The lowest BCUT2D eigenvalue weighted by Gasteiger charge is -2.17. The normalized spacial score (nSPS) is 13.7. The number of aromatic nitrogens is 1. The summed E-state index contributed by atoms with van der Waals surface area (Å²) >= 11 is 1.40. The number of benzene rings is 2. The number of anilines is 1. The summed E-state index contributed by atoms with van der Waals surface area (Å²) in [6, 6.07) is 14.3. The molecular weight excluding hydrogens is 491 g/mol. The van der Waals surface area contributed by atoms with Crippen molar-refractivity contribution in [3.8, 4) is 22.8 Å². The number of nitrogens with zero attached hydrogens (tertiary/aromatic N) is 2. The van der Waals surface area contributed by atoms with E-state index in [1.807, 2.05) is 30.5 Å². The number of hydrogen-bond acceptors (Lipinski definition) is 6. The molecular formula is C26H26F3N3O3S.